The first kappa shape index (κ1) is 18.1. The van der Waals surface area contributed by atoms with Crippen LogP contribution in [0.1, 0.15) is 43.1 Å². The van der Waals surface area contributed by atoms with Crippen LogP contribution in [0, 0.1) is 5.82 Å². The van der Waals surface area contributed by atoms with E-state index >= 15 is 0 Å². The fourth-order valence-electron chi connectivity index (χ4n) is 3.09. The first-order valence-corrected chi connectivity index (χ1v) is 8.71. The highest BCUT2D eigenvalue weighted by Gasteiger charge is 2.32. The third-order valence-corrected chi connectivity index (χ3v) is 4.59. The molecule has 2 aromatic rings. The molecule has 1 N–H and O–H groups in total. The average molecular weight is 354 g/mol. The molecule has 0 unspecified atom stereocenters. The summed E-state index contributed by atoms with van der Waals surface area (Å²) in [6.07, 6.45) is 0.211. The summed E-state index contributed by atoms with van der Waals surface area (Å²) in [5.41, 5.74) is 2.26. The number of benzene rings is 2. The van der Waals surface area contributed by atoms with Gasteiger partial charge in [0.15, 0.2) is 0 Å². The van der Waals surface area contributed by atoms with Gasteiger partial charge in [-0.05, 0) is 41.3 Å². The Labute approximate surface area is 153 Å². The zero-order valence-electron chi connectivity index (χ0n) is 15.3. The average Bonchev–Trinajstić information content (AvgIpc) is 2.94. The topological polar surface area (TPSA) is 49.4 Å². The number of nitrogens with zero attached hydrogens (tertiary/aromatic N) is 1. The van der Waals surface area contributed by atoms with Gasteiger partial charge in [-0.25, -0.2) is 4.39 Å². The fourth-order valence-corrected chi connectivity index (χ4v) is 3.09. The van der Waals surface area contributed by atoms with Gasteiger partial charge in [0, 0.05) is 24.2 Å². The Morgan fingerprint density at radius 3 is 2.46 bits per heavy atom. The summed E-state index contributed by atoms with van der Waals surface area (Å²) in [5, 5.41) is 2.90. The smallest absolute Gasteiger partial charge is 0.251 e. The van der Waals surface area contributed by atoms with E-state index in [1.807, 2.05) is 12.1 Å². The van der Waals surface area contributed by atoms with Crippen molar-refractivity contribution < 1.29 is 14.0 Å². The first-order chi connectivity index (χ1) is 12.2. The Morgan fingerprint density at radius 1 is 1.15 bits per heavy atom. The minimum atomic E-state index is -0.387. The lowest BCUT2D eigenvalue weighted by molar-refractivity contribution is -0.117. The van der Waals surface area contributed by atoms with Crippen LogP contribution in [-0.2, 0) is 10.2 Å². The monoisotopic (exact) mass is 354 g/mol. The summed E-state index contributed by atoms with van der Waals surface area (Å²) in [6, 6.07) is 13.1. The van der Waals surface area contributed by atoms with Crippen molar-refractivity contribution in [2.45, 2.75) is 38.6 Å². The molecule has 5 heteroatoms. The van der Waals surface area contributed by atoms with Crippen molar-refractivity contribution in [1.82, 2.24) is 5.32 Å². The molecule has 26 heavy (non-hydrogen) atoms. The van der Waals surface area contributed by atoms with E-state index < -0.39 is 0 Å². The Kier molecular flexibility index (Phi) is 4.81. The van der Waals surface area contributed by atoms with Gasteiger partial charge in [-0.2, -0.15) is 0 Å². The molecule has 2 aromatic carbocycles. The van der Waals surface area contributed by atoms with Gasteiger partial charge in [0.25, 0.3) is 5.91 Å². The number of halogens is 1. The van der Waals surface area contributed by atoms with Gasteiger partial charge < -0.3 is 10.2 Å². The summed E-state index contributed by atoms with van der Waals surface area (Å²) in [5.74, 6) is -0.713. The molecule has 0 saturated carbocycles. The number of rotatable bonds is 3. The number of hydrogen-bond donors (Lipinski definition) is 1. The van der Waals surface area contributed by atoms with E-state index in [0.29, 0.717) is 17.8 Å². The van der Waals surface area contributed by atoms with Gasteiger partial charge in [-0.15, -0.1) is 0 Å². The maximum atomic E-state index is 13.4. The molecule has 0 aromatic heterocycles. The van der Waals surface area contributed by atoms with Crippen LogP contribution in [0.15, 0.2) is 48.5 Å². The van der Waals surface area contributed by atoms with Crippen LogP contribution >= 0.6 is 0 Å². The molecule has 0 bridgehead atoms. The van der Waals surface area contributed by atoms with Crippen LogP contribution in [0.3, 0.4) is 0 Å². The molecule has 4 nitrogen and oxygen atoms in total. The fraction of sp³-hybridized carbons (Fsp3) is 0.333. The number of anilines is 1. The van der Waals surface area contributed by atoms with E-state index in [2.05, 4.69) is 26.1 Å². The summed E-state index contributed by atoms with van der Waals surface area (Å²) in [4.78, 5) is 26.2. The van der Waals surface area contributed by atoms with Crippen LogP contribution in [-0.4, -0.2) is 24.4 Å². The second kappa shape index (κ2) is 6.90. The molecule has 2 amide bonds. The predicted octanol–water partition coefficient (Wildman–Crippen LogP) is 3.66. The highest BCUT2D eigenvalue weighted by Crippen LogP contribution is 2.24. The van der Waals surface area contributed by atoms with Gasteiger partial charge in [-0.1, -0.05) is 39.0 Å². The molecule has 136 valence electrons. The lowest BCUT2D eigenvalue weighted by atomic mass is 9.86. The van der Waals surface area contributed by atoms with Crippen LogP contribution in [0.2, 0.25) is 0 Å². The summed E-state index contributed by atoms with van der Waals surface area (Å²) in [7, 11) is 0. The zero-order chi connectivity index (χ0) is 18.9. The van der Waals surface area contributed by atoms with Crippen LogP contribution < -0.4 is 10.2 Å². The van der Waals surface area contributed by atoms with Crippen molar-refractivity contribution in [3.05, 3.63) is 65.5 Å². The molecule has 0 radical (unpaired) electrons. The standard InChI is InChI=1S/C21H23FN2O2/c1-21(2,3)15-9-7-14(8-10-15)20(26)23-17-12-19(25)24(13-17)18-6-4-5-16(22)11-18/h4-11,17H,12-13H2,1-3H3,(H,23,26)/t17-/m0/s1. The lowest BCUT2D eigenvalue weighted by Gasteiger charge is -2.19. The molecule has 0 aliphatic carbocycles. The van der Waals surface area contributed by atoms with E-state index in [0.717, 1.165) is 5.56 Å². The van der Waals surface area contributed by atoms with Crippen molar-refractivity contribution in [2.75, 3.05) is 11.4 Å². The van der Waals surface area contributed by atoms with Crippen LogP contribution in [0.4, 0.5) is 10.1 Å². The van der Waals surface area contributed by atoms with Crippen molar-refractivity contribution in [3.8, 4) is 0 Å². The lowest BCUT2D eigenvalue weighted by Crippen LogP contribution is -2.37. The molecule has 0 spiro atoms. The number of carbonyl (C=O) groups excluding carboxylic acids is 2. The Hall–Kier alpha value is -2.69. The molecule has 1 aliphatic heterocycles. The number of carbonyl (C=O) groups is 2. The van der Waals surface area contributed by atoms with Gasteiger partial charge in [0.2, 0.25) is 5.91 Å². The van der Waals surface area contributed by atoms with E-state index in [1.54, 1.807) is 24.3 Å². The van der Waals surface area contributed by atoms with Crippen LogP contribution in [0.25, 0.3) is 0 Å². The SMILES string of the molecule is CC(C)(C)c1ccc(C(=O)N[C@H]2CC(=O)N(c3cccc(F)c3)C2)cc1. The minimum Gasteiger partial charge on any atom is -0.347 e. The maximum absolute atomic E-state index is 13.4. The molecule has 3 rings (SSSR count). The predicted molar refractivity (Wildman–Crippen MR) is 99.8 cm³/mol. The van der Waals surface area contributed by atoms with Gasteiger partial charge in [0.05, 0.1) is 6.04 Å². The Bertz CT molecular complexity index is 825. The Morgan fingerprint density at radius 2 is 1.85 bits per heavy atom. The van der Waals surface area contributed by atoms with E-state index in [4.69, 9.17) is 0 Å². The number of amides is 2. The number of hydrogen-bond acceptors (Lipinski definition) is 2. The van der Waals surface area contributed by atoms with E-state index in [1.165, 1.54) is 17.0 Å². The number of nitrogens with one attached hydrogen (secondary N) is 1. The van der Waals surface area contributed by atoms with Crippen LogP contribution in [0.5, 0.6) is 0 Å². The largest absolute Gasteiger partial charge is 0.347 e. The molecule has 1 aliphatic rings. The summed E-state index contributed by atoms with van der Waals surface area (Å²) in [6.45, 7) is 6.70. The van der Waals surface area contributed by atoms with Crippen molar-refractivity contribution in [1.29, 1.82) is 0 Å². The second-order valence-electron chi connectivity index (χ2n) is 7.69. The third kappa shape index (κ3) is 3.93. The molecular formula is C21H23FN2O2. The maximum Gasteiger partial charge on any atom is 0.251 e. The van der Waals surface area contributed by atoms with Crippen molar-refractivity contribution >= 4 is 17.5 Å². The molecular weight excluding hydrogens is 331 g/mol. The minimum absolute atomic E-state index is 0.0261. The normalized spacial score (nSPS) is 17.5. The first-order valence-electron chi connectivity index (χ1n) is 8.71. The van der Waals surface area contributed by atoms with Gasteiger partial charge in [0.1, 0.15) is 5.82 Å². The quantitative estimate of drug-likeness (QED) is 0.914. The third-order valence-electron chi connectivity index (χ3n) is 4.59. The van der Waals surface area contributed by atoms with E-state index in [9.17, 15) is 14.0 Å². The molecule has 1 saturated heterocycles. The van der Waals surface area contributed by atoms with Crippen molar-refractivity contribution in [3.63, 3.8) is 0 Å². The van der Waals surface area contributed by atoms with Crippen molar-refractivity contribution in [2.24, 2.45) is 0 Å². The molecule has 1 atom stereocenters. The summed E-state index contributed by atoms with van der Waals surface area (Å²) >= 11 is 0. The highest BCUT2D eigenvalue weighted by molar-refractivity contribution is 5.99. The van der Waals surface area contributed by atoms with Gasteiger partial charge in [-0.3, -0.25) is 9.59 Å². The zero-order valence-corrected chi connectivity index (χ0v) is 15.3. The van der Waals surface area contributed by atoms with E-state index in [-0.39, 0.29) is 35.5 Å². The molecule has 1 fully saturated rings. The van der Waals surface area contributed by atoms with Gasteiger partial charge >= 0.3 is 0 Å². The highest BCUT2D eigenvalue weighted by atomic mass is 19.1. The summed E-state index contributed by atoms with van der Waals surface area (Å²) < 4.78 is 13.4. The second-order valence-corrected chi connectivity index (χ2v) is 7.69. The Balaban J connectivity index is 1.66. The molecule has 1 heterocycles.